The van der Waals surface area contributed by atoms with Crippen molar-refractivity contribution in [3.63, 3.8) is 0 Å². The second-order valence-corrected chi connectivity index (χ2v) is 5.90. The Labute approximate surface area is 142 Å². The Balaban J connectivity index is 1.46. The molecule has 1 aliphatic heterocycles. The number of nitrogens with zero attached hydrogens (tertiary/aromatic N) is 4. The maximum atomic E-state index is 4.97. The van der Waals surface area contributed by atoms with Crippen LogP contribution in [0.2, 0.25) is 0 Å². The SMILES string of the molecule is CN=C(NCc1noc(C)n1)NC1CCN(c2ccccc2)CC1. The summed E-state index contributed by atoms with van der Waals surface area (Å²) in [5.41, 5.74) is 1.30. The van der Waals surface area contributed by atoms with Gasteiger partial charge in [-0.1, -0.05) is 23.4 Å². The maximum absolute atomic E-state index is 4.97. The van der Waals surface area contributed by atoms with E-state index in [4.69, 9.17) is 4.52 Å². The molecule has 1 fully saturated rings. The average molecular weight is 328 g/mol. The number of aliphatic imine (C=N–C) groups is 1. The Hall–Kier alpha value is -2.57. The van der Waals surface area contributed by atoms with Crippen molar-refractivity contribution in [2.75, 3.05) is 25.0 Å². The highest BCUT2D eigenvalue weighted by atomic mass is 16.5. The highest BCUT2D eigenvalue weighted by Gasteiger charge is 2.20. The van der Waals surface area contributed by atoms with E-state index in [1.165, 1.54) is 5.69 Å². The molecule has 128 valence electrons. The highest BCUT2D eigenvalue weighted by molar-refractivity contribution is 5.79. The molecular weight excluding hydrogens is 304 g/mol. The van der Waals surface area contributed by atoms with Gasteiger partial charge in [0.1, 0.15) is 0 Å². The third-order valence-electron chi connectivity index (χ3n) is 4.16. The van der Waals surface area contributed by atoms with E-state index in [0.717, 1.165) is 31.9 Å². The lowest BCUT2D eigenvalue weighted by Crippen LogP contribution is -2.48. The zero-order valence-electron chi connectivity index (χ0n) is 14.2. The van der Waals surface area contributed by atoms with Crippen molar-refractivity contribution in [1.29, 1.82) is 0 Å². The molecule has 0 amide bonds. The summed E-state index contributed by atoms with van der Waals surface area (Å²) in [6, 6.07) is 11.0. The molecule has 1 saturated heterocycles. The van der Waals surface area contributed by atoms with Crippen LogP contribution in [-0.4, -0.2) is 42.3 Å². The van der Waals surface area contributed by atoms with E-state index in [9.17, 15) is 0 Å². The molecule has 0 unspecified atom stereocenters. The van der Waals surface area contributed by atoms with Crippen LogP contribution in [-0.2, 0) is 6.54 Å². The molecule has 1 aliphatic rings. The Morgan fingerprint density at radius 2 is 2.04 bits per heavy atom. The molecule has 0 radical (unpaired) electrons. The van der Waals surface area contributed by atoms with Crippen LogP contribution in [0, 0.1) is 6.92 Å². The minimum absolute atomic E-state index is 0.420. The van der Waals surface area contributed by atoms with Crippen molar-refractivity contribution in [2.24, 2.45) is 4.99 Å². The quantitative estimate of drug-likeness (QED) is 0.657. The van der Waals surface area contributed by atoms with Crippen molar-refractivity contribution in [1.82, 2.24) is 20.8 Å². The Bertz CT molecular complexity index is 661. The fourth-order valence-corrected chi connectivity index (χ4v) is 2.88. The lowest BCUT2D eigenvalue weighted by atomic mass is 10.0. The zero-order chi connectivity index (χ0) is 16.8. The van der Waals surface area contributed by atoms with Gasteiger partial charge in [-0.2, -0.15) is 4.98 Å². The summed E-state index contributed by atoms with van der Waals surface area (Å²) in [4.78, 5) is 10.9. The summed E-state index contributed by atoms with van der Waals surface area (Å²) < 4.78 is 4.97. The van der Waals surface area contributed by atoms with Crippen LogP contribution in [0.4, 0.5) is 5.69 Å². The van der Waals surface area contributed by atoms with Crippen LogP contribution in [0.5, 0.6) is 0 Å². The summed E-state index contributed by atoms with van der Waals surface area (Å²) in [5.74, 6) is 1.98. The van der Waals surface area contributed by atoms with Crippen molar-refractivity contribution in [3.05, 3.63) is 42.0 Å². The molecule has 1 aromatic heterocycles. The van der Waals surface area contributed by atoms with E-state index in [0.29, 0.717) is 24.3 Å². The van der Waals surface area contributed by atoms with Gasteiger partial charge in [-0.25, -0.2) is 0 Å². The summed E-state index contributed by atoms with van der Waals surface area (Å²) in [6.45, 7) is 4.37. The number of aryl methyl sites for hydroxylation is 1. The van der Waals surface area contributed by atoms with Gasteiger partial charge in [0.25, 0.3) is 0 Å². The van der Waals surface area contributed by atoms with Crippen molar-refractivity contribution >= 4 is 11.6 Å². The number of guanidine groups is 1. The van der Waals surface area contributed by atoms with Crippen molar-refractivity contribution < 1.29 is 4.52 Å². The number of benzene rings is 1. The topological polar surface area (TPSA) is 78.6 Å². The van der Waals surface area contributed by atoms with Crippen LogP contribution in [0.3, 0.4) is 0 Å². The third-order valence-corrected chi connectivity index (χ3v) is 4.16. The molecule has 7 nitrogen and oxygen atoms in total. The van der Waals surface area contributed by atoms with E-state index >= 15 is 0 Å². The molecule has 2 heterocycles. The summed E-state index contributed by atoms with van der Waals surface area (Å²) in [7, 11) is 1.77. The number of para-hydroxylation sites is 1. The molecular formula is C17H24N6O. The molecule has 3 rings (SSSR count). The third kappa shape index (κ3) is 4.24. The van der Waals surface area contributed by atoms with E-state index in [2.05, 4.69) is 61.0 Å². The largest absolute Gasteiger partial charge is 0.371 e. The number of nitrogens with one attached hydrogen (secondary N) is 2. The van der Waals surface area contributed by atoms with Gasteiger partial charge in [-0.15, -0.1) is 0 Å². The predicted molar refractivity (Wildman–Crippen MR) is 94.0 cm³/mol. The average Bonchev–Trinajstić information content (AvgIpc) is 3.05. The Morgan fingerprint density at radius 3 is 2.67 bits per heavy atom. The Morgan fingerprint density at radius 1 is 1.29 bits per heavy atom. The van der Waals surface area contributed by atoms with Crippen LogP contribution < -0.4 is 15.5 Å². The molecule has 0 spiro atoms. The number of anilines is 1. The minimum atomic E-state index is 0.420. The molecule has 2 N–H and O–H groups in total. The monoisotopic (exact) mass is 328 g/mol. The number of piperidine rings is 1. The molecule has 1 aromatic carbocycles. The summed E-state index contributed by atoms with van der Waals surface area (Å²) >= 11 is 0. The smallest absolute Gasteiger partial charge is 0.223 e. The van der Waals surface area contributed by atoms with E-state index in [1.54, 1.807) is 14.0 Å². The first-order chi connectivity index (χ1) is 11.7. The molecule has 0 atom stereocenters. The van der Waals surface area contributed by atoms with Gasteiger partial charge in [0.05, 0.1) is 6.54 Å². The predicted octanol–water partition coefficient (Wildman–Crippen LogP) is 1.71. The normalized spacial score (nSPS) is 16.2. The number of rotatable bonds is 4. The first-order valence-corrected chi connectivity index (χ1v) is 8.31. The molecule has 0 aliphatic carbocycles. The van der Waals surface area contributed by atoms with Gasteiger partial charge < -0.3 is 20.1 Å². The first-order valence-electron chi connectivity index (χ1n) is 8.31. The van der Waals surface area contributed by atoms with Crippen LogP contribution in [0.25, 0.3) is 0 Å². The number of aromatic nitrogens is 2. The second kappa shape index (κ2) is 7.81. The van der Waals surface area contributed by atoms with Gasteiger partial charge >= 0.3 is 0 Å². The fourth-order valence-electron chi connectivity index (χ4n) is 2.88. The van der Waals surface area contributed by atoms with Crippen LogP contribution >= 0.6 is 0 Å². The van der Waals surface area contributed by atoms with Crippen molar-refractivity contribution in [3.8, 4) is 0 Å². The number of hydrogen-bond donors (Lipinski definition) is 2. The van der Waals surface area contributed by atoms with Gasteiger partial charge in [0, 0.05) is 38.8 Å². The minimum Gasteiger partial charge on any atom is -0.371 e. The van der Waals surface area contributed by atoms with Crippen LogP contribution in [0.1, 0.15) is 24.6 Å². The van der Waals surface area contributed by atoms with E-state index in [1.807, 2.05) is 0 Å². The van der Waals surface area contributed by atoms with Gasteiger partial charge in [-0.05, 0) is 25.0 Å². The molecule has 7 heteroatoms. The number of hydrogen-bond acceptors (Lipinski definition) is 5. The summed E-state index contributed by atoms with van der Waals surface area (Å²) in [5, 5.41) is 10.6. The lowest BCUT2D eigenvalue weighted by Gasteiger charge is -2.34. The van der Waals surface area contributed by atoms with Crippen LogP contribution in [0.15, 0.2) is 39.8 Å². The lowest BCUT2D eigenvalue weighted by molar-refractivity contribution is 0.386. The van der Waals surface area contributed by atoms with Gasteiger partial charge in [-0.3, -0.25) is 4.99 Å². The highest BCUT2D eigenvalue weighted by Crippen LogP contribution is 2.19. The molecule has 0 bridgehead atoms. The molecule has 24 heavy (non-hydrogen) atoms. The molecule has 0 saturated carbocycles. The van der Waals surface area contributed by atoms with E-state index < -0.39 is 0 Å². The fraction of sp³-hybridized carbons (Fsp3) is 0.471. The Kier molecular flexibility index (Phi) is 5.30. The summed E-state index contributed by atoms with van der Waals surface area (Å²) in [6.07, 6.45) is 2.16. The van der Waals surface area contributed by atoms with Gasteiger partial charge in [0.2, 0.25) is 5.89 Å². The van der Waals surface area contributed by atoms with Gasteiger partial charge in [0.15, 0.2) is 11.8 Å². The zero-order valence-corrected chi connectivity index (χ0v) is 14.2. The van der Waals surface area contributed by atoms with E-state index in [-0.39, 0.29) is 0 Å². The van der Waals surface area contributed by atoms with Crippen molar-refractivity contribution in [2.45, 2.75) is 32.4 Å². The molecule has 2 aromatic rings. The second-order valence-electron chi connectivity index (χ2n) is 5.90. The maximum Gasteiger partial charge on any atom is 0.223 e. The first kappa shape index (κ1) is 16.3. The standard InChI is InChI=1S/C17H24N6O/c1-13-20-16(22-24-13)12-19-17(18-2)21-14-8-10-23(11-9-14)15-6-4-3-5-7-15/h3-7,14H,8-12H2,1-2H3,(H2,18,19,21).